The maximum absolute atomic E-state index is 5.20. The van der Waals surface area contributed by atoms with E-state index < -0.39 is 0 Å². The van der Waals surface area contributed by atoms with Crippen molar-refractivity contribution in [1.82, 2.24) is 0 Å². The second-order valence-corrected chi connectivity index (χ2v) is 5.69. The van der Waals surface area contributed by atoms with Crippen LogP contribution in [0.2, 0.25) is 0 Å². The number of fused-ring (bicyclic) bond motifs is 2. The van der Waals surface area contributed by atoms with Gasteiger partial charge in [-0.25, -0.2) is 0 Å². The van der Waals surface area contributed by atoms with Gasteiger partial charge in [0.15, 0.2) is 0 Å². The third-order valence-electron chi connectivity index (χ3n) is 4.23. The predicted octanol–water partition coefficient (Wildman–Crippen LogP) is 5.75. The summed E-state index contributed by atoms with van der Waals surface area (Å²) in [6.45, 7) is 0. The summed E-state index contributed by atoms with van der Waals surface area (Å²) in [6.07, 6.45) is 1.96. The summed E-state index contributed by atoms with van der Waals surface area (Å²) in [4.78, 5) is 4.67. The van der Waals surface area contributed by atoms with E-state index >= 15 is 0 Å². The highest BCUT2D eigenvalue weighted by Gasteiger charge is 2.05. The number of benzene rings is 4. The average molecular weight is 311 g/mol. The van der Waals surface area contributed by atoms with Gasteiger partial charge in [0.1, 0.15) is 5.75 Å². The zero-order valence-corrected chi connectivity index (χ0v) is 13.4. The van der Waals surface area contributed by atoms with Crippen molar-refractivity contribution in [2.24, 2.45) is 4.99 Å². The summed E-state index contributed by atoms with van der Waals surface area (Å²) in [7, 11) is 1.67. The molecule has 0 aliphatic heterocycles. The third kappa shape index (κ3) is 2.63. The molecule has 2 nitrogen and oxygen atoms in total. The fourth-order valence-electron chi connectivity index (χ4n) is 3.00. The number of aliphatic imine (C=N–C) groups is 1. The monoisotopic (exact) mass is 311 g/mol. The van der Waals surface area contributed by atoms with Gasteiger partial charge in [-0.3, -0.25) is 4.99 Å². The Morgan fingerprint density at radius 2 is 1.33 bits per heavy atom. The first-order chi connectivity index (χ1) is 11.8. The molecule has 0 bridgehead atoms. The molecule has 0 unspecified atom stereocenters. The lowest BCUT2D eigenvalue weighted by Crippen LogP contribution is -1.88. The molecule has 0 heterocycles. The van der Waals surface area contributed by atoms with Crippen LogP contribution < -0.4 is 4.74 Å². The first-order valence-electron chi connectivity index (χ1n) is 7.94. The quantitative estimate of drug-likeness (QED) is 0.348. The minimum Gasteiger partial charge on any atom is -0.497 e. The molecule has 4 rings (SSSR count). The van der Waals surface area contributed by atoms with Crippen LogP contribution in [-0.2, 0) is 0 Å². The van der Waals surface area contributed by atoms with Crippen LogP contribution in [0.15, 0.2) is 83.9 Å². The highest BCUT2D eigenvalue weighted by atomic mass is 16.5. The standard InChI is InChI=1S/C22H17NO/c1-24-19-12-10-18(11-13-19)23-15-22-20-8-4-2-6-16(20)14-17-7-3-5-9-21(17)22/h2-15H,1H3. The van der Waals surface area contributed by atoms with E-state index in [0.29, 0.717) is 0 Å². The molecule has 0 saturated heterocycles. The molecule has 0 aliphatic rings. The second kappa shape index (κ2) is 6.17. The normalized spacial score (nSPS) is 11.4. The van der Waals surface area contributed by atoms with Crippen LogP contribution in [0.1, 0.15) is 5.56 Å². The molecule has 0 spiro atoms. The average Bonchev–Trinajstić information content (AvgIpc) is 2.65. The van der Waals surface area contributed by atoms with E-state index in [0.717, 1.165) is 17.0 Å². The minimum absolute atomic E-state index is 0.838. The zero-order valence-electron chi connectivity index (χ0n) is 13.4. The molecule has 2 heteroatoms. The van der Waals surface area contributed by atoms with Crippen molar-refractivity contribution >= 4 is 33.4 Å². The van der Waals surface area contributed by atoms with Gasteiger partial charge >= 0.3 is 0 Å². The van der Waals surface area contributed by atoms with Crippen molar-refractivity contribution < 1.29 is 4.74 Å². The molecular formula is C22H17NO. The topological polar surface area (TPSA) is 21.6 Å². The Kier molecular flexibility index (Phi) is 3.72. The van der Waals surface area contributed by atoms with E-state index in [1.165, 1.54) is 21.5 Å². The molecule has 0 N–H and O–H groups in total. The summed E-state index contributed by atoms with van der Waals surface area (Å²) >= 11 is 0. The summed E-state index contributed by atoms with van der Waals surface area (Å²) < 4.78 is 5.20. The molecule has 0 aliphatic carbocycles. The molecule has 116 valence electrons. The van der Waals surface area contributed by atoms with Gasteiger partial charge < -0.3 is 4.74 Å². The molecule has 0 atom stereocenters. The van der Waals surface area contributed by atoms with Crippen molar-refractivity contribution in [2.45, 2.75) is 0 Å². The van der Waals surface area contributed by atoms with Crippen LogP contribution in [0.4, 0.5) is 5.69 Å². The first-order valence-corrected chi connectivity index (χ1v) is 7.94. The molecular weight excluding hydrogens is 294 g/mol. The van der Waals surface area contributed by atoms with Gasteiger partial charge in [0.2, 0.25) is 0 Å². The van der Waals surface area contributed by atoms with E-state index in [1.807, 2.05) is 30.5 Å². The predicted molar refractivity (Wildman–Crippen MR) is 102 cm³/mol. The molecule has 0 aromatic heterocycles. The largest absolute Gasteiger partial charge is 0.497 e. The van der Waals surface area contributed by atoms with Gasteiger partial charge in [0.05, 0.1) is 12.8 Å². The van der Waals surface area contributed by atoms with Crippen molar-refractivity contribution in [1.29, 1.82) is 0 Å². The molecule has 24 heavy (non-hydrogen) atoms. The lowest BCUT2D eigenvalue weighted by molar-refractivity contribution is 0.415. The van der Waals surface area contributed by atoms with E-state index in [4.69, 9.17) is 4.74 Å². The number of methoxy groups -OCH3 is 1. The summed E-state index contributed by atoms with van der Waals surface area (Å²) in [5, 5.41) is 4.89. The number of rotatable bonds is 3. The maximum atomic E-state index is 5.20. The SMILES string of the molecule is COc1ccc(N=Cc2c3ccccc3cc3ccccc23)cc1. The third-order valence-corrected chi connectivity index (χ3v) is 4.23. The van der Waals surface area contributed by atoms with Crippen LogP contribution in [0.3, 0.4) is 0 Å². The summed E-state index contributed by atoms with van der Waals surface area (Å²) in [6, 6.07) is 26.9. The van der Waals surface area contributed by atoms with Gasteiger partial charge in [0.25, 0.3) is 0 Å². The minimum atomic E-state index is 0.838. The highest BCUT2D eigenvalue weighted by molar-refractivity contribution is 6.13. The Balaban J connectivity index is 1.87. The number of ether oxygens (including phenoxy) is 1. The van der Waals surface area contributed by atoms with Gasteiger partial charge in [0, 0.05) is 11.8 Å². The summed E-state index contributed by atoms with van der Waals surface area (Å²) in [5.74, 6) is 0.838. The van der Waals surface area contributed by atoms with Crippen molar-refractivity contribution in [3.63, 3.8) is 0 Å². The first kappa shape index (κ1) is 14.5. The van der Waals surface area contributed by atoms with Crippen LogP contribution in [0.5, 0.6) is 5.75 Å². The van der Waals surface area contributed by atoms with Gasteiger partial charge in [-0.15, -0.1) is 0 Å². The van der Waals surface area contributed by atoms with E-state index in [1.54, 1.807) is 7.11 Å². The maximum Gasteiger partial charge on any atom is 0.119 e. The molecule has 4 aromatic carbocycles. The number of hydrogen-bond acceptors (Lipinski definition) is 2. The summed E-state index contributed by atoms with van der Waals surface area (Å²) in [5.41, 5.74) is 2.06. The number of nitrogens with zero attached hydrogens (tertiary/aromatic N) is 1. The zero-order chi connectivity index (χ0) is 16.4. The van der Waals surface area contributed by atoms with Gasteiger partial charge in [-0.05, 0) is 51.9 Å². The lowest BCUT2D eigenvalue weighted by atomic mass is 9.97. The highest BCUT2D eigenvalue weighted by Crippen LogP contribution is 2.28. The molecule has 0 amide bonds. The van der Waals surface area contributed by atoms with E-state index in [-0.39, 0.29) is 0 Å². The van der Waals surface area contributed by atoms with E-state index in [9.17, 15) is 0 Å². The van der Waals surface area contributed by atoms with Crippen molar-refractivity contribution in [3.05, 3.63) is 84.4 Å². The Morgan fingerprint density at radius 3 is 1.92 bits per heavy atom. The van der Waals surface area contributed by atoms with Crippen LogP contribution >= 0.6 is 0 Å². The molecule has 0 fully saturated rings. The Morgan fingerprint density at radius 1 is 0.750 bits per heavy atom. The van der Waals surface area contributed by atoms with Crippen LogP contribution in [0.25, 0.3) is 21.5 Å². The van der Waals surface area contributed by atoms with Crippen LogP contribution in [0, 0.1) is 0 Å². The van der Waals surface area contributed by atoms with Crippen molar-refractivity contribution in [2.75, 3.05) is 7.11 Å². The van der Waals surface area contributed by atoms with Crippen molar-refractivity contribution in [3.8, 4) is 5.75 Å². The van der Waals surface area contributed by atoms with Gasteiger partial charge in [-0.2, -0.15) is 0 Å². The Hall–Kier alpha value is -3.13. The second-order valence-electron chi connectivity index (χ2n) is 5.69. The Bertz CT molecular complexity index is 979. The van der Waals surface area contributed by atoms with Gasteiger partial charge in [-0.1, -0.05) is 48.5 Å². The number of hydrogen-bond donors (Lipinski definition) is 0. The fourth-order valence-corrected chi connectivity index (χ4v) is 3.00. The fraction of sp³-hybridized carbons (Fsp3) is 0.0455. The molecule has 4 aromatic rings. The van der Waals surface area contributed by atoms with Crippen LogP contribution in [-0.4, -0.2) is 13.3 Å². The Labute approximate surface area is 141 Å². The lowest BCUT2D eigenvalue weighted by Gasteiger charge is -2.08. The molecule has 0 saturated carbocycles. The smallest absolute Gasteiger partial charge is 0.119 e. The molecule has 0 radical (unpaired) electrons. The van der Waals surface area contributed by atoms with E-state index in [2.05, 4.69) is 59.6 Å².